The van der Waals surface area contributed by atoms with Crippen LogP contribution in [0.4, 0.5) is 0 Å². The lowest BCUT2D eigenvalue weighted by Gasteiger charge is -2.57. The van der Waals surface area contributed by atoms with Gasteiger partial charge in [-0.15, -0.1) is 0 Å². The van der Waals surface area contributed by atoms with Crippen molar-refractivity contribution >= 4 is 11.7 Å². The second-order valence-corrected chi connectivity index (χ2v) is 9.41. The first-order valence-electron chi connectivity index (χ1n) is 9.97. The van der Waals surface area contributed by atoms with Crippen LogP contribution in [0.5, 0.6) is 0 Å². The number of oxime groups is 1. The molecule has 0 saturated heterocycles. The number of esters is 1. The number of nitrogens with zero attached hydrogens (tertiary/aromatic N) is 1. The minimum absolute atomic E-state index is 0.0198. The molecule has 0 aromatic heterocycles. The van der Waals surface area contributed by atoms with Crippen LogP contribution in [0.1, 0.15) is 72.1 Å². The van der Waals surface area contributed by atoms with Crippen LogP contribution in [0.25, 0.3) is 0 Å². The van der Waals surface area contributed by atoms with Gasteiger partial charge in [0.2, 0.25) is 0 Å². The van der Waals surface area contributed by atoms with Crippen LogP contribution in [0.2, 0.25) is 0 Å². The highest BCUT2D eigenvalue weighted by Crippen LogP contribution is 2.64. The third kappa shape index (κ3) is 2.55. The van der Waals surface area contributed by atoms with Gasteiger partial charge in [0, 0.05) is 19.3 Å². The van der Waals surface area contributed by atoms with Gasteiger partial charge in [0.15, 0.2) is 0 Å². The number of carbonyl (C=O) groups is 1. The Labute approximate surface area is 150 Å². The fourth-order valence-electron chi connectivity index (χ4n) is 6.81. The highest BCUT2D eigenvalue weighted by atomic mass is 16.5. The average molecular weight is 345 g/mol. The summed E-state index contributed by atoms with van der Waals surface area (Å²) in [6.07, 6.45) is 11.4. The van der Waals surface area contributed by atoms with Gasteiger partial charge < -0.3 is 9.94 Å². The van der Waals surface area contributed by atoms with Crippen molar-refractivity contribution in [1.82, 2.24) is 0 Å². The van der Waals surface area contributed by atoms with Crippen molar-refractivity contribution in [2.24, 2.45) is 33.7 Å². The summed E-state index contributed by atoms with van der Waals surface area (Å²) in [6, 6.07) is 0. The second-order valence-electron chi connectivity index (χ2n) is 9.41. The largest absolute Gasteiger partial charge is 0.462 e. The Morgan fingerprint density at radius 2 is 2.00 bits per heavy atom. The number of rotatable bonds is 1. The van der Waals surface area contributed by atoms with E-state index in [4.69, 9.17) is 4.74 Å². The lowest BCUT2D eigenvalue weighted by Crippen LogP contribution is -2.52. The highest BCUT2D eigenvalue weighted by molar-refractivity contribution is 5.99. The summed E-state index contributed by atoms with van der Waals surface area (Å²) in [5.41, 5.74) is 2.81. The molecule has 4 heteroatoms. The quantitative estimate of drug-likeness (QED) is 0.425. The van der Waals surface area contributed by atoms with Crippen molar-refractivity contribution in [3.05, 3.63) is 11.6 Å². The summed E-state index contributed by atoms with van der Waals surface area (Å²) in [4.78, 5) is 11.4. The molecule has 0 heterocycles. The smallest absolute Gasteiger partial charge is 0.302 e. The van der Waals surface area contributed by atoms with E-state index in [2.05, 4.69) is 25.1 Å². The van der Waals surface area contributed by atoms with Crippen LogP contribution in [-0.2, 0) is 9.53 Å². The number of hydrogen-bond acceptors (Lipinski definition) is 4. The molecule has 0 amide bonds. The van der Waals surface area contributed by atoms with Crippen molar-refractivity contribution in [2.45, 2.75) is 78.2 Å². The van der Waals surface area contributed by atoms with Crippen LogP contribution >= 0.6 is 0 Å². The van der Waals surface area contributed by atoms with Gasteiger partial charge in [0.05, 0.1) is 5.71 Å². The van der Waals surface area contributed by atoms with Gasteiger partial charge in [-0.3, -0.25) is 4.79 Å². The Kier molecular flexibility index (Phi) is 4.01. The minimum atomic E-state index is -0.196. The van der Waals surface area contributed by atoms with Crippen molar-refractivity contribution in [3.63, 3.8) is 0 Å². The van der Waals surface area contributed by atoms with Crippen molar-refractivity contribution in [1.29, 1.82) is 0 Å². The topological polar surface area (TPSA) is 58.9 Å². The molecule has 4 nitrogen and oxygen atoms in total. The fraction of sp³-hybridized carbons (Fsp3) is 0.810. The van der Waals surface area contributed by atoms with Gasteiger partial charge in [0.1, 0.15) is 6.10 Å². The molecule has 0 unspecified atom stereocenters. The third-order valence-electron chi connectivity index (χ3n) is 8.15. The van der Waals surface area contributed by atoms with Gasteiger partial charge in [-0.1, -0.05) is 31.0 Å². The zero-order chi connectivity index (χ0) is 17.8. The molecular weight excluding hydrogens is 314 g/mol. The van der Waals surface area contributed by atoms with E-state index in [1.807, 2.05) is 0 Å². The maximum atomic E-state index is 11.4. The summed E-state index contributed by atoms with van der Waals surface area (Å²) in [5, 5.41) is 13.5. The number of carbonyl (C=O) groups excluding carboxylic acids is 1. The molecule has 1 N–H and O–H groups in total. The first-order valence-corrected chi connectivity index (χ1v) is 9.97. The molecule has 4 rings (SSSR count). The predicted octanol–water partition coefficient (Wildman–Crippen LogP) is 4.71. The molecule has 0 aliphatic heterocycles. The van der Waals surface area contributed by atoms with Crippen molar-refractivity contribution in [2.75, 3.05) is 0 Å². The van der Waals surface area contributed by atoms with E-state index in [1.54, 1.807) is 0 Å². The zero-order valence-electron chi connectivity index (χ0n) is 15.8. The summed E-state index contributed by atoms with van der Waals surface area (Å²) in [6.45, 7) is 6.35. The van der Waals surface area contributed by atoms with E-state index < -0.39 is 0 Å². The molecule has 6 atom stereocenters. The van der Waals surface area contributed by atoms with Gasteiger partial charge >= 0.3 is 5.97 Å². The van der Waals surface area contributed by atoms with Crippen LogP contribution in [0.15, 0.2) is 16.8 Å². The maximum absolute atomic E-state index is 11.4. The monoisotopic (exact) mass is 345 g/mol. The van der Waals surface area contributed by atoms with Gasteiger partial charge in [0.25, 0.3) is 0 Å². The van der Waals surface area contributed by atoms with Crippen LogP contribution in [0, 0.1) is 28.6 Å². The van der Waals surface area contributed by atoms with E-state index in [-0.39, 0.29) is 17.5 Å². The minimum Gasteiger partial charge on any atom is -0.462 e. The van der Waals surface area contributed by atoms with Crippen molar-refractivity contribution in [3.8, 4) is 0 Å². The van der Waals surface area contributed by atoms with Crippen LogP contribution < -0.4 is 0 Å². The molecule has 3 saturated carbocycles. The standard InChI is InChI=1S/C21H31NO3/c1-13(23)25-15-6-10-21(3)14(11-15)12-18(22-24)19-16-5-4-8-20(16,2)9-7-17(19)21/h12,15-17,19,24H,4-11H2,1-3H3/t15-,16-,17-,19-,20-,21-/m0/s1. The van der Waals surface area contributed by atoms with E-state index in [0.29, 0.717) is 23.2 Å². The molecule has 138 valence electrons. The summed E-state index contributed by atoms with van der Waals surface area (Å²) in [5.74, 6) is 1.41. The molecule has 0 radical (unpaired) electrons. The Bertz CT molecular complexity index is 639. The Morgan fingerprint density at radius 1 is 1.20 bits per heavy atom. The van der Waals surface area contributed by atoms with Crippen LogP contribution in [0.3, 0.4) is 0 Å². The number of allylic oxidation sites excluding steroid dienone is 1. The summed E-state index contributed by atoms with van der Waals surface area (Å²) < 4.78 is 5.49. The molecule has 3 fully saturated rings. The molecule has 4 aliphatic rings. The number of hydrogen-bond donors (Lipinski definition) is 1. The van der Waals surface area contributed by atoms with Crippen molar-refractivity contribution < 1.29 is 14.7 Å². The maximum Gasteiger partial charge on any atom is 0.302 e. The summed E-state index contributed by atoms with van der Waals surface area (Å²) >= 11 is 0. The van der Waals surface area contributed by atoms with Gasteiger partial charge in [-0.05, 0) is 67.3 Å². The average Bonchev–Trinajstić information content (AvgIpc) is 2.96. The van der Waals surface area contributed by atoms with Gasteiger partial charge in [-0.2, -0.15) is 0 Å². The second kappa shape index (κ2) is 5.85. The lowest BCUT2D eigenvalue weighted by molar-refractivity contribution is -0.148. The lowest BCUT2D eigenvalue weighted by atomic mass is 9.47. The molecule has 0 spiro atoms. The molecule has 25 heavy (non-hydrogen) atoms. The Hall–Kier alpha value is -1.32. The SMILES string of the molecule is CC(=O)O[C@H]1CC[C@@]2(C)C(=CC(=NO)[C@H]3[C@@H]4CCC[C@@]4(C)CC[C@@H]32)C1. The Morgan fingerprint density at radius 3 is 2.72 bits per heavy atom. The number of ether oxygens (including phenoxy) is 1. The van der Waals surface area contributed by atoms with Crippen LogP contribution in [-0.4, -0.2) is 23.0 Å². The third-order valence-corrected chi connectivity index (χ3v) is 8.15. The first-order chi connectivity index (χ1) is 11.9. The molecule has 4 aliphatic carbocycles. The molecule has 0 aromatic carbocycles. The normalized spacial score (nSPS) is 47.5. The van der Waals surface area contributed by atoms with E-state index in [9.17, 15) is 10.0 Å². The predicted molar refractivity (Wildman–Crippen MR) is 96.5 cm³/mol. The van der Waals surface area contributed by atoms with E-state index in [1.165, 1.54) is 44.6 Å². The van der Waals surface area contributed by atoms with E-state index >= 15 is 0 Å². The Balaban J connectivity index is 1.69. The molecular formula is C21H31NO3. The summed E-state index contributed by atoms with van der Waals surface area (Å²) in [7, 11) is 0. The van der Waals surface area contributed by atoms with E-state index in [0.717, 1.165) is 25.0 Å². The highest BCUT2D eigenvalue weighted by Gasteiger charge is 2.58. The zero-order valence-corrected chi connectivity index (χ0v) is 15.8. The number of fused-ring (bicyclic) bond motifs is 5. The molecule has 0 bridgehead atoms. The molecule has 0 aromatic rings. The van der Waals surface area contributed by atoms with Gasteiger partial charge in [-0.25, -0.2) is 0 Å². The fourth-order valence-corrected chi connectivity index (χ4v) is 6.81. The first kappa shape index (κ1) is 17.1.